The van der Waals surface area contributed by atoms with Gasteiger partial charge in [-0.25, -0.2) is 9.37 Å². The SMILES string of the molecule is Cc1ncsc1-c1ccc([C@H](C)NC(=O)[C@@H]2C[C@@H](O)CN2C(=O)[C@@H](NC(=O)CCCCCCCC(=O)Nc2ccc(C(=O)Nc3ccc(F)cc3N)cc2)C(C)(C)C)cc1. The molecule has 1 saturated heterocycles. The van der Waals surface area contributed by atoms with Gasteiger partial charge in [-0.15, -0.1) is 11.3 Å². The zero-order chi connectivity index (χ0) is 43.6. The molecule has 15 heteroatoms. The number of aliphatic hydroxyl groups excluding tert-OH is 1. The van der Waals surface area contributed by atoms with Crippen molar-refractivity contribution in [2.75, 3.05) is 22.9 Å². The number of aliphatic hydroxyl groups is 1. The Balaban J connectivity index is 1.01. The van der Waals surface area contributed by atoms with Crippen molar-refractivity contribution in [3.8, 4) is 10.4 Å². The normalized spacial score (nSPS) is 16.1. The van der Waals surface area contributed by atoms with Gasteiger partial charge < -0.3 is 37.0 Å². The number of carbonyl (C=O) groups is 5. The number of likely N-dealkylation sites (tertiary alicyclic amines) is 1. The number of aryl methyl sites for hydroxylation is 1. The molecule has 4 atom stereocenters. The average Bonchev–Trinajstić information content (AvgIpc) is 3.82. The Hall–Kier alpha value is -5.67. The smallest absolute Gasteiger partial charge is 0.255 e. The zero-order valence-corrected chi connectivity index (χ0v) is 35.7. The molecule has 13 nitrogen and oxygen atoms in total. The van der Waals surface area contributed by atoms with Crippen molar-refractivity contribution >= 4 is 57.9 Å². The van der Waals surface area contributed by atoms with Crippen LogP contribution in [0.3, 0.4) is 0 Å². The number of amides is 5. The van der Waals surface area contributed by atoms with Gasteiger partial charge in [0.25, 0.3) is 5.91 Å². The molecule has 0 aliphatic carbocycles. The van der Waals surface area contributed by atoms with E-state index >= 15 is 0 Å². The Morgan fingerprint density at radius 2 is 1.55 bits per heavy atom. The number of benzene rings is 3. The Morgan fingerprint density at radius 3 is 2.17 bits per heavy atom. The number of anilines is 3. The standard InChI is InChI=1S/C45H56FN7O6S/c1-27(29-13-15-30(16-14-29)40-28(2)48-26-60-40)49-43(58)37-24-34(54)25-53(37)44(59)41(45(3,4)5)52-39(56)12-10-8-6-7-9-11-38(55)50-33-20-17-31(18-21-33)42(57)51-36-22-19-32(46)23-35(36)47/h13-23,26-27,34,37,41,54H,6-12,24-25,47H2,1-5H3,(H,49,58)(H,50,55)(H,51,57)(H,52,56)/t27-,34+,37-,41+/m0/s1. The van der Waals surface area contributed by atoms with Crippen molar-refractivity contribution in [2.45, 2.75) is 110 Å². The fourth-order valence-electron chi connectivity index (χ4n) is 7.12. The summed E-state index contributed by atoms with van der Waals surface area (Å²) < 4.78 is 13.3. The molecule has 2 heterocycles. The average molecular weight is 842 g/mol. The number of β-amino-alcohol motifs (C(OH)–C–C–N with tert-alkyl or cyclic N) is 1. The lowest BCUT2D eigenvalue weighted by Gasteiger charge is -2.35. The van der Waals surface area contributed by atoms with Crippen LogP contribution in [0.4, 0.5) is 21.5 Å². The Morgan fingerprint density at radius 1 is 0.900 bits per heavy atom. The van der Waals surface area contributed by atoms with Crippen LogP contribution < -0.4 is 27.0 Å². The second-order valence-electron chi connectivity index (χ2n) is 16.5. The molecule has 0 saturated carbocycles. The van der Waals surface area contributed by atoms with Crippen molar-refractivity contribution in [3.63, 3.8) is 0 Å². The van der Waals surface area contributed by atoms with Gasteiger partial charge in [-0.3, -0.25) is 24.0 Å². The molecule has 60 heavy (non-hydrogen) atoms. The highest BCUT2D eigenvalue weighted by Gasteiger charge is 2.44. The van der Waals surface area contributed by atoms with E-state index in [1.165, 1.54) is 17.0 Å². The number of nitrogens with zero attached hydrogens (tertiary/aromatic N) is 2. The number of nitrogen functional groups attached to an aromatic ring is 1. The largest absolute Gasteiger partial charge is 0.397 e. The van der Waals surface area contributed by atoms with E-state index in [1.807, 2.05) is 64.4 Å². The van der Waals surface area contributed by atoms with E-state index in [0.29, 0.717) is 36.2 Å². The van der Waals surface area contributed by atoms with Crippen molar-refractivity contribution < 1.29 is 33.5 Å². The molecular formula is C45H56FN7O6S. The molecule has 0 bridgehead atoms. The molecule has 1 aliphatic rings. The van der Waals surface area contributed by atoms with Crippen LogP contribution in [0.5, 0.6) is 0 Å². The van der Waals surface area contributed by atoms with Crippen LogP contribution in [0.2, 0.25) is 0 Å². The number of hydrogen-bond acceptors (Lipinski definition) is 9. The lowest BCUT2D eigenvalue weighted by molar-refractivity contribution is -0.144. The van der Waals surface area contributed by atoms with E-state index in [4.69, 9.17) is 5.73 Å². The van der Waals surface area contributed by atoms with Crippen molar-refractivity contribution in [2.24, 2.45) is 5.41 Å². The van der Waals surface area contributed by atoms with E-state index in [9.17, 15) is 33.5 Å². The first-order valence-electron chi connectivity index (χ1n) is 20.3. The highest BCUT2D eigenvalue weighted by molar-refractivity contribution is 7.13. The molecule has 1 fully saturated rings. The summed E-state index contributed by atoms with van der Waals surface area (Å²) in [5, 5.41) is 22.0. The molecular weight excluding hydrogens is 786 g/mol. The topological polar surface area (TPSA) is 196 Å². The monoisotopic (exact) mass is 841 g/mol. The highest BCUT2D eigenvalue weighted by atomic mass is 32.1. The van der Waals surface area contributed by atoms with E-state index in [-0.39, 0.29) is 48.8 Å². The number of nitrogens with one attached hydrogen (secondary N) is 4. The van der Waals surface area contributed by atoms with E-state index in [0.717, 1.165) is 47.0 Å². The predicted molar refractivity (Wildman–Crippen MR) is 233 cm³/mol. The lowest BCUT2D eigenvalue weighted by Crippen LogP contribution is -2.57. The van der Waals surface area contributed by atoms with Crippen molar-refractivity contribution in [3.05, 3.63) is 94.9 Å². The maximum atomic E-state index is 14.0. The van der Waals surface area contributed by atoms with Crippen LogP contribution in [0.1, 0.15) is 107 Å². The van der Waals surface area contributed by atoms with Crippen molar-refractivity contribution in [1.82, 2.24) is 20.5 Å². The Bertz CT molecular complexity index is 2140. The van der Waals surface area contributed by atoms with Gasteiger partial charge in [0.1, 0.15) is 17.9 Å². The molecule has 3 aromatic carbocycles. The summed E-state index contributed by atoms with van der Waals surface area (Å²) in [5.41, 5.74) is 11.1. The van der Waals surface area contributed by atoms with Gasteiger partial charge in [0, 0.05) is 37.1 Å². The third kappa shape index (κ3) is 12.4. The van der Waals surface area contributed by atoms with E-state index < -0.39 is 41.2 Å². The molecule has 4 aromatic rings. The summed E-state index contributed by atoms with van der Waals surface area (Å²) in [4.78, 5) is 72.6. The fourth-order valence-corrected chi connectivity index (χ4v) is 7.93. The molecule has 7 N–H and O–H groups in total. The van der Waals surface area contributed by atoms with Gasteiger partial charge in [-0.05, 0) is 85.7 Å². The summed E-state index contributed by atoms with van der Waals surface area (Å²) in [6.07, 6.45) is 3.41. The molecule has 0 spiro atoms. The minimum atomic E-state index is -0.904. The number of rotatable bonds is 17. The summed E-state index contributed by atoms with van der Waals surface area (Å²) in [5.74, 6) is -2.11. The third-order valence-electron chi connectivity index (χ3n) is 10.6. The highest BCUT2D eigenvalue weighted by Crippen LogP contribution is 2.30. The first-order chi connectivity index (χ1) is 28.5. The lowest BCUT2D eigenvalue weighted by atomic mass is 9.85. The van der Waals surface area contributed by atoms with Gasteiger partial charge in [0.2, 0.25) is 23.6 Å². The molecule has 5 rings (SSSR count). The fraction of sp³-hybridized carbons (Fsp3) is 0.422. The summed E-state index contributed by atoms with van der Waals surface area (Å²) in [6.45, 7) is 9.41. The summed E-state index contributed by atoms with van der Waals surface area (Å²) in [7, 11) is 0. The number of carbonyl (C=O) groups excluding carboxylic acids is 5. The maximum absolute atomic E-state index is 14.0. The number of nitrogens with two attached hydrogens (primary N) is 1. The van der Waals surface area contributed by atoms with Crippen LogP contribution >= 0.6 is 11.3 Å². The van der Waals surface area contributed by atoms with E-state index in [1.54, 1.807) is 35.6 Å². The van der Waals surface area contributed by atoms with Crippen LogP contribution in [0.25, 0.3) is 10.4 Å². The number of hydrogen-bond donors (Lipinski definition) is 6. The molecule has 0 unspecified atom stereocenters. The Labute approximate surface area is 354 Å². The quantitative estimate of drug-likeness (QED) is 0.0477. The van der Waals surface area contributed by atoms with Crippen LogP contribution in [-0.4, -0.2) is 69.3 Å². The van der Waals surface area contributed by atoms with Gasteiger partial charge in [0.05, 0.1) is 39.6 Å². The van der Waals surface area contributed by atoms with Gasteiger partial charge in [-0.2, -0.15) is 0 Å². The van der Waals surface area contributed by atoms with E-state index in [2.05, 4.69) is 26.3 Å². The first kappa shape index (κ1) is 45.4. The predicted octanol–water partition coefficient (Wildman–Crippen LogP) is 7.13. The second-order valence-corrected chi connectivity index (χ2v) is 17.3. The van der Waals surface area contributed by atoms with Gasteiger partial charge >= 0.3 is 0 Å². The molecule has 320 valence electrons. The van der Waals surface area contributed by atoms with Gasteiger partial charge in [-0.1, -0.05) is 64.3 Å². The van der Waals surface area contributed by atoms with Crippen LogP contribution in [0.15, 0.2) is 72.2 Å². The van der Waals surface area contributed by atoms with Gasteiger partial charge in [0.15, 0.2) is 0 Å². The molecule has 1 aliphatic heterocycles. The summed E-state index contributed by atoms with van der Waals surface area (Å²) >= 11 is 1.57. The van der Waals surface area contributed by atoms with Crippen molar-refractivity contribution in [1.29, 1.82) is 0 Å². The van der Waals surface area contributed by atoms with Crippen LogP contribution in [0, 0.1) is 18.2 Å². The Kier molecular flexibility index (Phi) is 15.5. The van der Waals surface area contributed by atoms with Crippen LogP contribution in [-0.2, 0) is 19.2 Å². The number of thiazole rings is 1. The second kappa shape index (κ2) is 20.5. The minimum absolute atomic E-state index is 0.00400. The number of aromatic nitrogens is 1. The molecule has 5 amide bonds. The maximum Gasteiger partial charge on any atom is 0.255 e. The zero-order valence-electron chi connectivity index (χ0n) is 34.8. The molecule has 0 radical (unpaired) electrons. The first-order valence-corrected chi connectivity index (χ1v) is 21.2. The summed E-state index contributed by atoms with van der Waals surface area (Å²) in [6, 6.07) is 15.9. The molecule has 1 aromatic heterocycles. The number of halogens is 1. The third-order valence-corrected chi connectivity index (χ3v) is 11.5. The minimum Gasteiger partial charge on any atom is -0.397 e. The number of unbranched alkanes of at least 4 members (excludes halogenated alkanes) is 4.